The van der Waals surface area contributed by atoms with E-state index in [0.717, 1.165) is 49.0 Å². The van der Waals surface area contributed by atoms with Crippen LogP contribution in [0.15, 0.2) is 107 Å². The lowest BCUT2D eigenvalue weighted by atomic mass is 9.89. The predicted octanol–water partition coefficient (Wildman–Crippen LogP) is 9.27. The number of hydrogen-bond acceptors (Lipinski definition) is 3. The molecule has 0 fully saturated rings. The number of rotatable bonds is 4. The van der Waals surface area contributed by atoms with Crippen molar-refractivity contribution < 1.29 is 4.79 Å². The molecule has 1 amide bonds. The molecule has 5 aromatic rings. The van der Waals surface area contributed by atoms with Crippen LogP contribution in [0.3, 0.4) is 0 Å². The van der Waals surface area contributed by atoms with E-state index in [-0.39, 0.29) is 11.9 Å². The summed E-state index contributed by atoms with van der Waals surface area (Å²) < 4.78 is 0.965. The second-order valence-electron chi connectivity index (χ2n) is 9.42. The SMILES string of the molecule is Cc1nc2ccc(Cl)cc2c(-c2ccccc2)c1C1=NN(C(=O)c2ccccc2Cl)[C@H](c2ccc(Br)cc2)C1. The Hall–Kier alpha value is -3.51. The summed E-state index contributed by atoms with van der Waals surface area (Å²) in [5.41, 5.74) is 6.81. The molecule has 6 rings (SSSR count). The van der Waals surface area contributed by atoms with Crippen molar-refractivity contribution in [3.05, 3.63) is 134 Å². The molecule has 1 atom stereocenters. The van der Waals surface area contributed by atoms with Crippen molar-refractivity contribution in [2.24, 2.45) is 5.10 Å². The van der Waals surface area contributed by atoms with E-state index < -0.39 is 0 Å². The van der Waals surface area contributed by atoms with Gasteiger partial charge in [-0.25, -0.2) is 5.01 Å². The second kappa shape index (κ2) is 10.6. The first-order valence-electron chi connectivity index (χ1n) is 12.5. The fraction of sp³-hybridized carbons (Fsp3) is 0.0938. The van der Waals surface area contributed by atoms with Crippen LogP contribution in [0.25, 0.3) is 22.0 Å². The first-order chi connectivity index (χ1) is 18.9. The van der Waals surface area contributed by atoms with Crippen molar-refractivity contribution >= 4 is 61.7 Å². The van der Waals surface area contributed by atoms with Crippen LogP contribution in [0, 0.1) is 6.92 Å². The molecule has 0 N–H and O–H groups in total. The van der Waals surface area contributed by atoms with E-state index in [0.29, 0.717) is 22.0 Å². The smallest absolute Gasteiger partial charge is 0.267 e. The molecule has 39 heavy (non-hydrogen) atoms. The molecule has 1 aromatic heterocycles. The van der Waals surface area contributed by atoms with Crippen LogP contribution in [0.5, 0.6) is 0 Å². The zero-order chi connectivity index (χ0) is 27.1. The van der Waals surface area contributed by atoms with Gasteiger partial charge in [0.05, 0.1) is 27.9 Å². The van der Waals surface area contributed by atoms with Crippen molar-refractivity contribution in [3.63, 3.8) is 0 Å². The summed E-state index contributed by atoms with van der Waals surface area (Å²) in [4.78, 5) is 18.8. The lowest BCUT2D eigenvalue weighted by Crippen LogP contribution is -2.27. The van der Waals surface area contributed by atoms with E-state index in [4.69, 9.17) is 33.3 Å². The molecule has 1 aliphatic rings. The Bertz CT molecular complexity index is 1750. The lowest BCUT2D eigenvalue weighted by Gasteiger charge is -2.22. The van der Waals surface area contributed by atoms with Gasteiger partial charge in [-0.05, 0) is 60.5 Å². The largest absolute Gasteiger partial charge is 0.276 e. The topological polar surface area (TPSA) is 45.6 Å². The van der Waals surface area contributed by atoms with Gasteiger partial charge in [0.25, 0.3) is 5.91 Å². The maximum atomic E-state index is 13.9. The highest BCUT2D eigenvalue weighted by Gasteiger charge is 2.36. The molecule has 1 aliphatic heterocycles. The molecular weight excluding hydrogens is 593 g/mol. The molecule has 0 spiro atoms. The minimum atomic E-state index is -0.310. The Morgan fingerprint density at radius 2 is 1.62 bits per heavy atom. The molecule has 4 nitrogen and oxygen atoms in total. The highest BCUT2D eigenvalue weighted by molar-refractivity contribution is 9.10. The van der Waals surface area contributed by atoms with E-state index in [1.54, 1.807) is 17.1 Å². The number of fused-ring (bicyclic) bond motifs is 1. The molecule has 2 heterocycles. The molecular formula is C32H22BrCl2N3O. The first-order valence-corrected chi connectivity index (χ1v) is 14.0. The van der Waals surface area contributed by atoms with E-state index >= 15 is 0 Å². The number of hydrogen-bond donors (Lipinski definition) is 0. The Balaban J connectivity index is 1.57. The molecule has 192 valence electrons. The zero-order valence-corrected chi connectivity index (χ0v) is 24.0. The van der Waals surface area contributed by atoms with Crippen molar-refractivity contribution in [2.75, 3.05) is 0 Å². The lowest BCUT2D eigenvalue weighted by molar-refractivity contribution is 0.0711. The minimum absolute atomic E-state index is 0.251. The number of pyridine rings is 1. The summed E-state index contributed by atoms with van der Waals surface area (Å²) in [6.45, 7) is 1.99. The van der Waals surface area contributed by atoms with Crippen LogP contribution >= 0.6 is 39.1 Å². The van der Waals surface area contributed by atoms with Crippen LogP contribution in [0.4, 0.5) is 0 Å². The highest BCUT2D eigenvalue weighted by atomic mass is 79.9. The average Bonchev–Trinajstić information content (AvgIpc) is 3.38. The number of hydrazone groups is 1. The maximum absolute atomic E-state index is 13.9. The molecule has 7 heteroatoms. The molecule has 0 saturated heterocycles. The molecule has 0 saturated carbocycles. The molecule has 0 unspecified atom stereocenters. The number of halogens is 3. The van der Waals surface area contributed by atoms with Gasteiger partial charge in [0, 0.05) is 38.1 Å². The normalized spacial score (nSPS) is 15.0. The third kappa shape index (κ3) is 4.87. The van der Waals surface area contributed by atoms with Crippen LogP contribution in [-0.4, -0.2) is 21.6 Å². The summed E-state index contributed by atoms with van der Waals surface area (Å²) in [5, 5.41) is 8.52. The number of carbonyl (C=O) groups excluding carboxylic acids is 1. The number of carbonyl (C=O) groups is 1. The Kier molecular flexibility index (Phi) is 6.98. The first kappa shape index (κ1) is 25.8. The van der Waals surface area contributed by atoms with Gasteiger partial charge in [0.1, 0.15) is 0 Å². The number of benzene rings is 4. The Morgan fingerprint density at radius 3 is 2.36 bits per heavy atom. The van der Waals surface area contributed by atoms with Gasteiger partial charge >= 0.3 is 0 Å². The molecule has 0 radical (unpaired) electrons. The maximum Gasteiger partial charge on any atom is 0.276 e. The van der Waals surface area contributed by atoms with Gasteiger partial charge < -0.3 is 0 Å². The monoisotopic (exact) mass is 613 g/mol. The third-order valence-electron chi connectivity index (χ3n) is 6.96. The molecule has 0 aliphatic carbocycles. The highest BCUT2D eigenvalue weighted by Crippen LogP contribution is 2.41. The number of amides is 1. The van der Waals surface area contributed by atoms with E-state index in [1.165, 1.54) is 0 Å². The van der Waals surface area contributed by atoms with Crippen LogP contribution in [0.2, 0.25) is 10.0 Å². The average molecular weight is 615 g/mol. The summed E-state index contributed by atoms with van der Waals surface area (Å²) in [6.07, 6.45) is 0.520. The standard InChI is InChI=1S/C32H22BrCl2N3O/c1-19-30(31(21-7-3-2-4-8-21)25-17-23(34)15-16-27(25)36-19)28-18-29(20-11-13-22(33)14-12-20)38(37-28)32(39)24-9-5-6-10-26(24)35/h2-17,29H,18H2,1H3/t29-/m0/s1. The predicted molar refractivity (Wildman–Crippen MR) is 163 cm³/mol. The van der Waals surface area contributed by atoms with Gasteiger partial charge in [-0.15, -0.1) is 0 Å². The van der Waals surface area contributed by atoms with Gasteiger partial charge in [-0.3, -0.25) is 9.78 Å². The van der Waals surface area contributed by atoms with Crippen molar-refractivity contribution in [3.8, 4) is 11.1 Å². The van der Waals surface area contributed by atoms with Crippen molar-refractivity contribution in [1.82, 2.24) is 9.99 Å². The zero-order valence-electron chi connectivity index (χ0n) is 20.9. The summed E-state index contributed by atoms with van der Waals surface area (Å²) in [7, 11) is 0. The van der Waals surface area contributed by atoms with Gasteiger partial charge in [-0.1, -0.05) is 93.7 Å². The summed E-state index contributed by atoms with van der Waals surface area (Å²) in [5.74, 6) is -0.251. The fourth-order valence-corrected chi connectivity index (χ4v) is 5.82. The van der Waals surface area contributed by atoms with Crippen molar-refractivity contribution in [2.45, 2.75) is 19.4 Å². The Labute approximate surface area is 245 Å². The Morgan fingerprint density at radius 1 is 0.897 bits per heavy atom. The number of nitrogens with zero attached hydrogens (tertiary/aromatic N) is 3. The number of aryl methyl sites for hydroxylation is 1. The van der Waals surface area contributed by atoms with Crippen LogP contribution in [-0.2, 0) is 0 Å². The molecule has 4 aromatic carbocycles. The quantitative estimate of drug-likeness (QED) is 0.202. The molecule has 0 bridgehead atoms. The van der Waals surface area contributed by atoms with Crippen LogP contribution < -0.4 is 0 Å². The summed E-state index contributed by atoms with van der Waals surface area (Å²) >= 11 is 16.4. The minimum Gasteiger partial charge on any atom is -0.267 e. The summed E-state index contributed by atoms with van der Waals surface area (Å²) in [6, 6.07) is 30.7. The van der Waals surface area contributed by atoms with Gasteiger partial charge in [-0.2, -0.15) is 5.10 Å². The van der Waals surface area contributed by atoms with Crippen molar-refractivity contribution in [1.29, 1.82) is 0 Å². The van der Waals surface area contributed by atoms with Gasteiger partial charge in [0.2, 0.25) is 0 Å². The third-order valence-corrected chi connectivity index (χ3v) is 8.05. The van der Waals surface area contributed by atoms with Crippen LogP contribution in [0.1, 0.15) is 39.6 Å². The fourth-order valence-electron chi connectivity index (χ4n) is 5.17. The number of aromatic nitrogens is 1. The van der Waals surface area contributed by atoms with E-state index in [2.05, 4.69) is 28.1 Å². The van der Waals surface area contributed by atoms with E-state index in [1.807, 2.05) is 79.7 Å². The second-order valence-corrected chi connectivity index (χ2v) is 11.2. The van der Waals surface area contributed by atoms with Gasteiger partial charge in [0.15, 0.2) is 0 Å². The van der Waals surface area contributed by atoms with E-state index in [9.17, 15) is 4.79 Å².